The summed E-state index contributed by atoms with van der Waals surface area (Å²) in [6.45, 7) is 2.02. The Morgan fingerprint density at radius 1 is 1.21 bits per heavy atom. The number of ether oxygens (including phenoxy) is 5. The van der Waals surface area contributed by atoms with Crippen LogP contribution in [0.4, 0.5) is 0 Å². The maximum Gasteiger partial charge on any atom is 0.313 e. The topological polar surface area (TPSA) is 101 Å². The number of aliphatic hydroxyl groups is 1. The molecular weight excluding hydrogens is 368 g/mol. The van der Waals surface area contributed by atoms with Gasteiger partial charge in [-0.15, -0.1) is 0 Å². The molecule has 156 valence electrons. The lowest BCUT2D eigenvalue weighted by atomic mass is 9.79. The fourth-order valence-corrected chi connectivity index (χ4v) is 3.22. The van der Waals surface area contributed by atoms with Crippen molar-refractivity contribution in [2.75, 3.05) is 27.6 Å². The van der Waals surface area contributed by atoms with Gasteiger partial charge in [-0.05, 0) is 5.56 Å². The second-order valence-corrected chi connectivity index (χ2v) is 6.69. The zero-order valence-electron chi connectivity index (χ0n) is 16.4. The highest BCUT2D eigenvalue weighted by Crippen LogP contribution is 2.32. The highest BCUT2D eigenvalue weighted by atomic mass is 16.7. The Labute approximate surface area is 164 Å². The third-order valence-corrected chi connectivity index (χ3v) is 4.82. The number of carbonyl (C=O) groups excluding carboxylic acids is 2. The van der Waals surface area contributed by atoms with Gasteiger partial charge in [0.2, 0.25) is 0 Å². The predicted octanol–water partition coefficient (Wildman–Crippen LogP) is 1.29. The van der Waals surface area contributed by atoms with Gasteiger partial charge >= 0.3 is 5.97 Å². The van der Waals surface area contributed by atoms with Gasteiger partial charge in [0.15, 0.2) is 6.29 Å². The van der Waals surface area contributed by atoms with Crippen molar-refractivity contribution < 1.29 is 38.4 Å². The van der Waals surface area contributed by atoms with Crippen LogP contribution in [0.5, 0.6) is 0 Å². The molecule has 0 spiro atoms. The Morgan fingerprint density at radius 3 is 2.57 bits per heavy atom. The Bertz CT molecular complexity index is 620. The molecule has 0 aliphatic carbocycles. The van der Waals surface area contributed by atoms with Crippen molar-refractivity contribution in [1.29, 1.82) is 0 Å². The van der Waals surface area contributed by atoms with Gasteiger partial charge in [-0.1, -0.05) is 37.3 Å². The molecule has 1 saturated heterocycles. The van der Waals surface area contributed by atoms with Crippen molar-refractivity contribution in [3.63, 3.8) is 0 Å². The van der Waals surface area contributed by atoms with Gasteiger partial charge in [-0.25, -0.2) is 0 Å². The van der Waals surface area contributed by atoms with Crippen molar-refractivity contribution in [3.05, 3.63) is 35.9 Å². The number of hydrogen-bond acceptors (Lipinski definition) is 8. The van der Waals surface area contributed by atoms with E-state index in [1.165, 1.54) is 14.2 Å². The van der Waals surface area contributed by atoms with E-state index in [1.54, 1.807) is 6.92 Å². The number of aliphatic hydroxyl groups excluding tert-OH is 1. The van der Waals surface area contributed by atoms with Crippen LogP contribution in [0, 0.1) is 11.8 Å². The molecule has 1 fully saturated rings. The maximum absolute atomic E-state index is 12.5. The van der Waals surface area contributed by atoms with Crippen LogP contribution >= 0.6 is 0 Å². The molecule has 1 aromatic rings. The number of esters is 1. The van der Waals surface area contributed by atoms with Gasteiger partial charge in [0.05, 0.1) is 26.4 Å². The summed E-state index contributed by atoms with van der Waals surface area (Å²) in [5.41, 5.74) is 0.933. The van der Waals surface area contributed by atoms with Gasteiger partial charge in [0, 0.05) is 18.9 Å². The highest BCUT2D eigenvalue weighted by Gasteiger charge is 2.45. The molecule has 0 aromatic heterocycles. The van der Waals surface area contributed by atoms with Gasteiger partial charge < -0.3 is 28.8 Å². The van der Waals surface area contributed by atoms with E-state index in [0.717, 1.165) is 5.56 Å². The number of ketones is 1. The second-order valence-electron chi connectivity index (χ2n) is 6.69. The molecule has 0 bridgehead atoms. The van der Waals surface area contributed by atoms with E-state index in [4.69, 9.17) is 18.9 Å². The first-order chi connectivity index (χ1) is 13.5. The number of benzene rings is 1. The summed E-state index contributed by atoms with van der Waals surface area (Å²) in [6, 6.07) is 9.49. The number of carbonyl (C=O) groups is 2. The van der Waals surface area contributed by atoms with Crippen molar-refractivity contribution in [2.45, 2.75) is 38.4 Å². The molecule has 1 aliphatic rings. The minimum atomic E-state index is -1.11. The molecule has 5 atom stereocenters. The molecule has 1 aromatic carbocycles. The van der Waals surface area contributed by atoms with Crippen molar-refractivity contribution >= 4 is 11.8 Å². The fraction of sp³-hybridized carbons (Fsp3) is 0.600. The molecule has 8 heteroatoms. The molecular formula is C20H28O8. The van der Waals surface area contributed by atoms with Crippen LogP contribution < -0.4 is 0 Å². The summed E-state index contributed by atoms with van der Waals surface area (Å²) in [5.74, 6) is -2.25. The molecule has 2 rings (SSSR count). The third-order valence-electron chi connectivity index (χ3n) is 4.82. The minimum absolute atomic E-state index is 0.00923. The molecule has 0 radical (unpaired) electrons. The van der Waals surface area contributed by atoms with Gasteiger partial charge in [0.1, 0.15) is 25.1 Å². The van der Waals surface area contributed by atoms with Gasteiger partial charge in [-0.2, -0.15) is 0 Å². The number of Topliss-reactive ketones (excluding diaryl/α,β-unsaturated/α-hetero) is 1. The summed E-state index contributed by atoms with van der Waals surface area (Å²) < 4.78 is 26.5. The van der Waals surface area contributed by atoms with Gasteiger partial charge in [-0.3, -0.25) is 9.59 Å². The van der Waals surface area contributed by atoms with Crippen LogP contribution in [0.15, 0.2) is 30.3 Å². The first-order valence-corrected chi connectivity index (χ1v) is 9.13. The lowest BCUT2D eigenvalue weighted by Gasteiger charge is -2.42. The van der Waals surface area contributed by atoms with Gasteiger partial charge in [0.25, 0.3) is 0 Å². The Kier molecular flexibility index (Phi) is 9.01. The van der Waals surface area contributed by atoms with E-state index in [0.29, 0.717) is 0 Å². The first-order valence-electron chi connectivity index (χ1n) is 9.13. The fourth-order valence-electron chi connectivity index (χ4n) is 3.22. The Balaban J connectivity index is 2.08. The van der Waals surface area contributed by atoms with E-state index in [2.05, 4.69) is 4.74 Å². The zero-order valence-corrected chi connectivity index (χ0v) is 16.4. The maximum atomic E-state index is 12.5. The average Bonchev–Trinajstić information content (AvgIpc) is 2.71. The van der Waals surface area contributed by atoms with Crippen LogP contribution in [0.25, 0.3) is 0 Å². The molecule has 1 N–H and O–H groups in total. The summed E-state index contributed by atoms with van der Waals surface area (Å²) in [5, 5.41) is 10.8. The second kappa shape index (κ2) is 11.2. The van der Waals surface area contributed by atoms with Crippen LogP contribution in [-0.2, 0) is 39.9 Å². The summed E-state index contributed by atoms with van der Waals surface area (Å²) in [7, 11) is 2.70. The number of hydrogen-bond donors (Lipinski definition) is 1. The summed E-state index contributed by atoms with van der Waals surface area (Å²) in [4.78, 5) is 23.9. The van der Waals surface area contributed by atoms with Crippen LogP contribution in [0.1, 0.15) is 18.9 Å². The first kappa shape index (κ1) is 22.4. The molecule has 1 aliphatic heterocycles. The number of rotatable bonds is 10. The molecule has 1 heterocycles. The van der Waals surface area contributed by atoms with Crippen LogP contribution in [-0.4, -0.2) is 63.0 Å². The Morgan fingerprint density at radius 2 is 1.93 bits per heavy atom. The van der Waals surface area contributed by atoms with Crippen molar-refractivity contribution in [2.24, 2.45) is 11.8 Å². The average molecular weight is 396 g/mol. The smallest absolute Gasteiger partial charge is 0.313 e. The summed E-state index contributed by atoms with van der Waals surface area (Å²) >= 11 is 0. The molecule has 0 amide bonds. The molecule has 0 saturated carbocycles. The summed E-state index contributed by atoms with van der Waals surface area (Å²) in [6.07, 6.45) is -2.98. The highest BCUT2D eigenvalue weighted by molar-refractivity contribution is 5.96. The van der Waals surface area contributed by atoms with Crippen molar-refractivity contribution in [3.8, 4) is 0 Å². The van der Waals surface area contributed by atoms with Crippen LogP contribution in [0.2, 0.25) is 0 Å². The normalized spacial score (nSPS) is 25.9. The molecule has 8 nitrogen and oxygen atoms in total. The van der Waals surface area contributed by atoms with E-state index >= 15 is 0 Å². The van der Waals surface area contributed by atoms with E-state index in [-0.39, 0.29) is 32.2 Å². The monoisotopic (exact) mass is 396 g/mol. The molecule has 28 heavy (non-hydrogen) atoms. The van der Waals surface area contributed by atoms with Crippen molar-refractivity contribution in [1.82, 2.24) is 0 Å². The lowest BCUT2D eigenvalue weighted by molar-refractivity contribution is -0.279. The zero-order chi connectivity index (χ0) is 20.5. The van der Waals surface area contributed by atoms with Crippen LogP contribution in [0.3, 0.4) is 0 Å². The lowest BCUT2D eigenvalue weighted by Crippen LogP contribution is -2.54. The largest absolute Gasteiger partial charge is 0.469 e. The minimum Gasteiger partial charge on any atom is -0.469 e. The standard InChI is InChI=1S/C20H28O8/c1-13(15(21)9-17(22)25-3)18-16(28-12-24-2)11-27-20(19(18)23)26-10-14-7-5-4-6-8-14/h4-8,13,16,18-20,23H,9-12H2,1-3H3/t13?,16-,18+,19-,20-/m0/s1. The van der Waals surface area contributed by atoms with E-state index in [1.807, 2.05) is 30.3 Å². The molecule has 1 unspecified atom stereocenters. The van der Waals surface area contributed by atoms with E-state index < -0.39 is 36.3 Å². The Hall–Kier alpha value is -1.84. The number of methoxy groups -OCH3 is 2. The third kappa shape index (κ3) is 6.08. The SMILES string of the molecule is COCO[C@H]1CO[C@H](OCc2ccccc2)[C@@H](O)[C@@H]1C(C)C(=O)CC(=O)OC. The predicted molar refractivity (Wildman–Crippen MR) is 98.0 cm³/mol. The van der Waals surface area contributed by atoms with E-state index in [9.17, 15) is 14.7 Å². The quantitative estimate of drug-likeness (QED) is 0.359.